The van der Waals surface area contributed by atoms with Gasteiger partial charge in [-0.25, -0.2) is 4.79 Å². The Morgan fingerprint density at radius 2 is 1.75 bits per heavy atom. The van der Waals surface area contributed by atoms with Crippen LogP contribution in [-0.2, 0) is 6.61 Å². The Kier molecular flexibility index (Phi) is 9.41. The van der Waals surface area contributed by atoms with Gasteiger partial charge in [0.2, 0.25) is 0 Å². The van der Waals surface area contributed by atoms with Crippen LogP contribution in [0.5, 0.6) is 11.5 Å². The van der Waals surface area contributed by atoms with Crippen molar-refractivity contribution in [2.24, 2.45) is 0 Å². The van der Waals surface area contributed by atoms with Gasteiger partial charge >= 0.3 is 11.7 Å². The van der Waals surface area contributed by atoms with Gasteiger partial charge in [0, 0.05) is 23.4 Å². The normalized spacial score (nSPS) is 11.6. The zero-order valence-electron chi connectivity index (χ0n) is 20.6. The summed E-state index contributed by atoms with van der Waals surface area (Å²) in [5.74, 6) is -0.0399. The molecule has 8 nitrogen and oxygen atoms in total. The highest BCUT2D eigenvalue weighted by Gasteiger charge is 2.21. The fraction of sp³-hybridized carbons (Fsp3) is 0.321. The quantitative estimate of drug-likeness (QED) is 0.0759. The Labute approximate surface area is 210 Å². The van der Waals surface area contributed by atoms with E-state index in [0.29, 0.717) is 33.7 Å². The van der Waals surface area contributed by atoms with E-state index in [2.05, 4.69) is 6.92 Å². The summed E-state index contributed by atoms with van der Waals surface area (Å²) in [5.41, 5.74) is 8.56. The number of nitrogens with zero attached hydrogens (tertiary/aromatic N) is 1. The molecule has 190 valence electrons. The average molecular weight is 493 g/mol. The van der Waals surface area contributed by atoms with Crippen LogP contribution in [0.1, 0.15) is 61.9 Å². The zero-order chi connectivity index (χ0) is 26.1. The second-order valence-electron chi connectivity index (χ2n) is 8.71. The van der Waals surface area contributed by atoms with Crippen molar-refractivity contribution in [3.8, 4) is 22.6 Å². The summed E-state index contributed by atoms with van der Waals surface area (Å²) in [6.07, 6.45) is 5.03. The number of nitrogens with two attached hydrogens (primary N) is 1. The number of hydrogen-bond acceptors (Lipinski definition) is 7. The Morgan fingerprint density at radius 1 is 1.06 bits per heavy atom. The molecule has 0 aliphatic carbocycles. The number of aliphatic hydroxyl groups is 1. The lowest BCUT2D eigenvalue weighted by molar-refractivity contribution is -0.386. The van der Waals surface area contributed by atoms with E-state index in [0.717, 1.165) is 32.1 Å². The van der Waals surface area contributed by atoms with Gasteiger partial charge in [-0.2, -0.15) is 0 Å². The number of anilines is 1. The van der Waals surface area contributed by atoms with Gasteiger partial charge < -0.3 is 20.3 Å². The molecular formula is C28H32N2O6. The SMILES string of the molecule is CCCCCC[C@H](C)Oc1cc(N)c(-c2ccc(C(=O)Oc3ccc(CO)cc3)cc2)cc1[N+](=O)[O-]. The van der Waals surface area contributed by atoms with Crippen LogP contribution in [0, 0.1) is 10.1 Å². The third kappa shape index (κ3) is 7.05. The topological polar surface area (TPSA) is 125 Å². The van der Waals surface area contributed by atoms with Crippen molar-refractivity contribution in [3.63, 3.8) is 0 Å². The molecule has 36 heavy (non-hydrogen) atoms. The number of nitrogen functional groups attached to an aromatic ring is 1. The molecule has 0 aromatic heterocycles. The molecule has 0 heterocycles. The van der Waals surface area contributed by atoms with Crippen LogP contribution in [0.2, 0.25) is 0 Å². The fourth-order valence-electron chi connectivity index (χ4n) is 3.82. The Hall–Kier alpha value is -3.91. The number of carbonyl (C=O) groups excluding carboxylic acids is 1. The van der Waals surface area contributed by atoms with Gasteiger partial charge in [0.25, 0.3) is 0 Å². The van der Waals surface area contributed by atoms with Crippen molar-refractivity contribution in [2.45, 2.75) is 58.7 Å². The molecule has 0 aliphatic rings. The number of benzene rings is 3. The first-order valence-corrected chi connectivity index (χ1v) is 12.1. The number of carbonyl (C=O) groups is 1. The first-order chi connectivity index (χ1) is 17.3. The Bertz CT molecular complexity index is 1180. The van der Waals surface area contributed by atoms with E-state index in [-0.39, 0.29) is 24.1 Å². The number of nitro groups is 1. The molecule has 1 atom stereocenters. The summed E-state index contributed by atoms with van der Waals surface area (Å²) in [7, 11) is 0. The van der Waals surface area contributed by atoms with Crippen LogP contribution in [-0.4, -0.2) is 22.1 Å². The van der Waals surface area contributed by atoms with E-state index in [1.807, 2.05) is 6.92 Å². The molecule has 0 aliphatic heterocycles. The van der Waals surface area contributed by atoms with Gasteiger partial charge in [-0.1, -0.05) is 50.5 Å². The summed E-state index contributed by atoms with van der Waals surface area (Å²) in [5, 5.41) is 20.9. The molecule has 0 saturated carbocycles. The minimum absolute atomic E-state index is 0.0951. The maximum absolute atomic E-state index is 12.5. The number of nitro benzene ring substituents is 1. The van der Waals surface area contributed by atoms with E-state index in [4.69, 9.17) is 20.3 Å². The third-order valence-electron chi connectivity index (χ3n) is 5.87. The molecule has 0 amide bonds. The van der Waals surface area contributed by atoms with Gasteiger partial charge in [0.1, 0.15) is 5.75 Å². The lowest BCUT2D eigenvalue weighted by Crippen LogP contribution is -2.13. The molecule has 3 aromatic rings. The molecule has 3 rings (SSSR count). The van der Waals surface area contributed by atoms with Crippen LogP contribution in [0.25, 0.3) is 11.1 Å². The minimum Gasteiger partial charge on any atom is -0.484 e. The van der Waals surface area contributed by atoms with Gasteiger partial charge in [0.05, 0.1) is 23.2 Å². The molecule has 0 bridgehead atoms. The molecule has 0 fully saturated rings. The summed E-state index contributed by atoms with van der Waals surface area (Å²) < 4.78 is 11.2. The van der Waals surface area contributed by atoms with E-state index in [9.17, 15) is 14.9 Å². The molecule has 0 unspecified atom stereocenters. The van der Waals surface area contributed by atoms with Crippen molar-refractivity contribution in [1.29, 1.82) is 0 Å². The number of unbranched alkanes of at least 4 members (excludes halogenated alkanes) is 3. The lowest BCUT2D eigenvalue weighted by Gasteiger charge is -2.16. The van der Waals surface area contributed by atoms with Gasteiger partial charge in [-0.15, -0.1) is 0 Å². The van der Waals surface area contributed by atoms with Crippen LogP contribution in [0.15, 0.2) is 60.7 Å². The van der Waals surface area contributed by atoms with E-state index >= 15 is 0 Å². The second kappa shape index (κ2) is 12.7. The first-order valence-electron chi connectivity index (χ1n) is 12.1. The number of hydrogen-bond donors (Lipinski definition) is 2. The monoisotopic (exact) mass is 492 g/mol. The van der Waals surface area contributed by atoms with Crippen molar-refractivity contribution in [1.82, 2.24) is 0 Å². The molecule has 3 N–H and O–H groups in total. The predicted molar refractivity (Wildman–Crippen MR) is 139 cm³/mol. The highest BCUT2D eigenvalue weighted by Crippen LogP contribution is 2.38. The minimum atomic E-state index is -0.547. The maximum atomic E-state index is 12.5. The largest absolute Gasteiger partial charge is 0.484 e. The smallest absolute Gasteiger partial charge is 0.343 e. The van der Waals surface area contributed by atoms with Crippen LogP contribution in [0.3, 0.4) is 0 Å². The van der Waals surface area contributed by atoms with E-state index in [1.54, 1.807) is 48.5 Å². The standard InChI is InChI=1S/C28H32N2O6/c1-3-4-5-6-7-19(2)35-27-17-25(29)24(16-26(27)30(33)34)21-10-12-22(13-11-21)28(32)36-23-14-8-20(18-31)9-15-23/h8-17,19,31H,3-7,18,29H2,1-2H3/t19-/m0/s1. The van der Waals surface area contributed by atoms with Crippen LogP contribution in [0.4, 0.5) is 11.4 Å². The summed E-state index contributed by atoms with van der Waals surface area (Å²) in [4.78, 5) is 23.8. The first kappa shape index (κ1) is 26.7. The molecule has 0 spiro atoms. The number of ether oxygens (including phenoxy) is 2. The van der Waals surface area contributed by atoms with Gasteiger partial charge in [-0.3, -0.25) is 10.1 Å². The van der Waals surface area contributed by atoms with Crippen molar-refractivity contribution in [3.05, 3.63) is 81.9 Å². The molecule has 0 saturated heterocycles. The number of rotatable bonds is 12. The average Bonchev–Trinajstić information content (AvgIpc) is 2.87. The molecular weight excluding hydrogens is 460 g/mol. The number of aliphatic hydroxyl groups excluding tert-OH is 1. The van der Waals surface area contributed by atoms with Crippen molar-refractivity contribution < 1.29 is 24.3 Å². The Morgan fingerprint density at radius 3 is 2.36 bits per heavy atom. The van der Waals surface area contributed by atoms with E-state index < -0.39 is 10.9 Å². The Balaban J connectivity index is 1.75. The fourth-order valence-corrected chi connectivity index (χ4v) is 3.82. The predicted octanol–water partition coefficient (Wildman–Crippen LogP) is 6.29. The summed E-state index contributed by atoms with van der Waals surface area (Å²) in [6, 6.07) is 15.9. The molecule has 8 heteroatoms. The molecule has 3 aromatic carbocycles. The lowest BCUT2D eigenvalue weighted by atomic mass is 10.0. The van der Waals surface area contributed by atoms with Crippen molar-refractivity contribution >= 4 is 17.3 Å². The highest BCUT2D eigenvalue weighted by atomic mass is 16.6. The van der Waals surface area contributed by atoms with Crippen LogP contribution < -0.4 is 15.2 Å². The van der Waals surface area contributed by atoms with Crippen LogP contribution >= 0.6 is 0 Å². The van der Waals surface area contributed by atoms with E-state index in [1.165, 1.54) is 12.1 Å². The number of esters is 1. The second-order valence-corrected chi connectivity index (χ2v) is 8.71. The zero-order valence-corrected chi connectivity index (χ0v) is 20.6. The molecule has 0 radical (unpaired) electrons. The highest BCUT2D eigenvalue weighted by molar-refractivity contribution is 5.92. The summed E-state index contributed by atoms with van der Waals surface area (Å²) >= 11 is 0. The van der Waals surface area contributed by atoms with Gasteiger partial charge in [0.15, 0.2) is 5.75 Å². The third-order valence-corrected chi connectivity index (χ3v) is 5.87. The van der Waals surface area contributed by atoms with Crippen molar-refractivity contribution in [2.75, 3.05) is 5.73 Å². The van der Waals surface area contributed by atoms with Gasteiger partial charge in [-0.05, 0) is 55.2 Å². The summed E-state index contributed by atoms with van der Waals surface area (Å²) in [6.45, 7) is 3.95. The maximum Gasteiger partial charge on any atom is 0.343 e.